The van der Waals surface area contributed by atoms with Crippen molar-refractivity contribution < 1.29 is 26.7 Å². The molecule has 0 amide bonds. The van der Waals surface area contributed by atoms with E-state index in [9.17, 15) is 26.7 Å². The third-order valence-corrected chi connectivity index (χ3v) is 8.43. The van der Waals surface area contributed by atoms with Crippen molar-refractivity contribution in [1.82, 2.24) is 3.97 Å². The van der Waals surface area contributed by atoms with Gasteiger partial charge in [0.25, 0.3) is 10.0 Å². The predicted octanol–water partition coefficient (Wildman–Crippen LogP) is 2.59. The molecule has 144 valence electrons. The van der Waals surface area contributed by atoms with Gasteiger partial charge in [-0.1, -0.05) is 0 Å². The van der Waals surface area contributed by atoms with Crippen LogP contribution in [0.5, 0.6) is 0 Å². The van der Waals surface area contributed by atoms with Crippen LogP contribution in [0.4, 0.5) is 0 Å². The molecule has 0 bridgehead atoms. The van der Waals surface area contributed by atoms with Crippen LogP contribution in [0.2, 0.25) is 0 Å². The fourth-order valence-electron chi connectivity index (χ4n) is 3.02. The van der Waals surface area contributed by atoms with Crippen LogP contribution in [0.1, 0.15) is 16.8 Å². The number of hydrogen-bond donors (Lipinski definition) is 1. The number of fused-ring (bicyclic) bond motifs is 1. The summed E-state index contributed by atoms with van der Waals surface area (Å²) in [6.07, 6.45) is 0.762. The highest BCUT2D eigenvalue weighted by molar-refractivity contribution is 7.91. The topological polar surface area (TPSA) is 111 Å². The molecule has 1 N–H and O–H groups in total. The Balaban J connectivity index is 2.25. The summed E-state index contributed by atoms with van der Waals surface area (Å²) in [7, 11) is -7.46. The van der Waals surface area contributed by atoms with Crippen molar-refractivity contribution in [1.29, 1.82) is 0 Å². The molecule has 10 heteroatoms. The fraction of sp³-hybridized carbons (Fsp3) is 0.235. The number of carboxylic acid groups (broad SMARTS) is 1. The molecule has 3 aromatic rings. The van der Waals surface area contributed by atoms with Crippen molar-refractivity contribution in [2.24, 2.45) is 0 Å². The van der Waals surface area contributed by atoms with E-state index < -0.39 is 25.8 Å². The van der Waals surface area contributed by atoms with Crippen LogP contribution in [0, 0.1) is 13.8 Å². The van der Waals surface area contributed by atoms with Crippen LogP contribution < -0.4 is 0 Å². The van der Waals surface area contributed by atoms with E-state index >= 15 is 0 Å². The molecule has 27 heavy (non-hydrogen) atoms. The average molecular weight is 428 g/mol. The van der Waals surface area contributed by atoms with Gasteiger partial charge in [-0.15, -0.1) is 11.3 Å². The number of nitrogens with zero attached hydrogens (tertiary/aromatic N) is 1. The number of hydrogen-bond acceptors (Lipinski definition) is 6. The van der Waals surface area contributed by atoms with Crippen LogP contribution in [0.3, 0.4) is 0 Å². The Morgan fingerprint density at radius 3 is 2.15 bits per heavy atom. The Kier molecular flexibility index (Phi) is 4.69. The van der Waals surface area contributed by atoms with Crippen molar-refractivity contribution in [2.45, 2.75) is 30.1 Å². The van der Waals surface area contributed by atoms with E-state index in [-0.39, 0.29) is 16.2 Å². The Hall–Kier alpha value is -2.17. The Morgan fingerprint density at radius 1 is 1.07 bits per heavy atom. The van der Waals surface area contributed by atoms with Crippen LogP contribution >= 0.6 is 11.3 Å². The van der Waals surface area contributed by atoms with E-state index in [1.165, 1.54) is 35.6 Å². The maximum Gasteiger partial charge on any atom is 0.307 e. The largest absolute Gasteiger partial charge is 0.481 e. The number of sulfone groups is 1. The summed E-state index contributed by atoms with van der Waals surface area (Å²) in [5.41, 5.74) is 1.62. The summed E-state index contributed by atoms with van der Waals surface area (Å²) in [6.45, 7) is 3.38. The Morgan fingerprint density at radius 2 is 1.63 bits per heavy atom. The molecule has 3 rings (SSSR count). The number of rotatable bonds is 5. The molecular formula is C17H17NO6S3. The molecule has 7 nitrogen and oxygen atoms in total. The third-order valence-electron chi connectivity index (χ3n) is 4.30. The van der Waals surface area contributed by atoms with E-state index in [4.69, 9.17) is 0 Å². The Labute approximate surface area is 160 Å². The maximum absolute atomic E-state index is 13.2. The zero-order valence-corrected chi connectivity index (χ0v) is 17.2. The van der Waals surface area contributed by atoms with E-state index in [1.54, 1.807) is 12.3 Å². The SMILES string of the molecule is Cc1csc2c1c(CC(=O)O)c(C)n2S(=O)(=O)c1ccc(S(C)(=O)=O)cc1. The van der Waals surface area contributed by atoms with Gasteiger partial charge in [0.1, 0.15) is 4.83 Å². The van der Waals surface area contributed by atoms with Crippen molar-refractivity contribution >= 4 is 47.4 Å². The molecular weight excluding hydrogens is 410 g/mol. The second-order valence-corrected chi connectivity index (χ2v) is 10.9. The molecule has 0 aliphatic heterocycles. The smallest absolute Gasteiger partial charge is 0.307 e. The summed E-state index contributed by atoms with van der Waals surface area (Å²) in [5.74, 6) is -1.04. The standard InChI is InChI=1S/C17H17NO6S3/c1-10-9-25-17-16(10)14(8-15(19)20)11(2)18(17)27(23,24)13-6-4-12(5-7-13)26(3,21)22/h4-7,9H,8H2,1-3H3,(H,19,20). The Bertz CT molecular complexity index is 1260. The minimum Gasteiger partial charge on any atom is -0.481 e. The first kappa shape index (κ1) is 19.6. The fourth-order valence-corrected chi connectivity index (χ4v) is 6.59. The van der Waals surface area contributed by atoms with Crippen LogP contribution in [0.15, 0.2) is 39.4 Å². The van der Waals surface area contributed by atoms with Gasteiger partial charge in [-0.05, 0) is 54.6 Å². The van der Waals surface area contributed by atoms with Gasteiger partial charge in [0.15, 0.2) is 9.84 Å². The monoisotopic (exact) mass is 427 g/mol. The van der Waals surface area contributed by atoms with Crippen molar-refractivity contribution in [3.8, 4) is 0 Å². The quantitative estimate of drug-likeness (QED) is 0.670. The first-order valence-electron chi connectivity index (χ1n) is 7.80. The summed E-state index contributed by atoms with van der Waals surface area (Å²) in [4.78, 5) is 11.7. The number of carbonyl (C=O) groups is 1. The molecule has 2 heterocycles. The van der Waals surface area contributed by atoms with Gasteiger partial charge in [0.05, 0.1) is 16.2 Å². The second kappa shape index (κ2) is 6.47. The highest BCUT2D eigenvalue weighted by Gasteiger charge is 2.28. The second-order valence-electron chi connectivity index (χ2n) is 6.25. The number of aromatic nitrogens is 1. The number of carboxylic acids is 1. The van der Waals surface area contributed by atoms with E-state index in [0.717, 1.165) is 15.8 Å². The van der Waals surface area contributed by atoms with E-state index in [0.29, 0.717) is 21.5 Å². The summed E-state index contributed by atoms with van der Waals surface area (Å²) >= 11 is 1.23. The minimum absolute atomic E-state index is 0.0226. The van der Waals surface area contributed by atoms with Gasteiger partial charge >= 0.3 is 5.97 Å². The molecule has 0 aliphatic rings. The molecule has 0 saturated carbocycles. The lowest BCUT2D eigenvalue weighted by Gasteiger charge is -2.10. The predicted molar refractivity (Wildman–Crippen MR) is 103 cm³/mol. The van der Waals surface area contributed by atoms with Gasteiger partial charge in [-0.3, -0.25) is 4.79 Å². The van der Waals surface area contributed by atoms with E-state index in [1.807, 2.05) is 6.92 Å². The summed E-state index contributed by atoms with van der Waals surface area (Å²) in [5, 5.41) is 11.6. The van der Waals surface area contributed by atoms with Crippen molar-refractivity contribution in [2.75, 3.05) is 6.26 Å². The van der Waals surface area contributed by atoms with Gasteiger partial charge in [0.2, 0.25) is 0 Å². The summed E-state index contributed by atoms with van der Waals surface area (Å²) in [6, 6.07) is 4.98. The normalized spacial score (nSPS) is 12.6. The lowest BCUT2D eigenvalue weighted by molar-refractivity contribution is -0.136. The zero-order chi connectivity index (χ0) is 20.1. The first-order chi connectivity index (χ1) is 12.4. The third kappa shape index (κ3) is 3.28. The summed E-state index contributed by atoms with van der Waals surface area (Å²) < 4.78 is 50.8. The van der Waals surface area contributed by atoms with Crippen molar-refractivity contribution in [3.63, 3.8) is 0 Å². The average Bonchev–Trinajstić information content (AvgIpc) is 3.05. The molecule has 0 unspecified atom stereocenters. The van der Waals surface area contributed by atoms with Gasteiger partial charge < -0.3 is 5.11 Å². The molecule has 0 radical (unpaired) electrons. The molecule has 0 fully saturated rings. The highest BCUT2D eigenvalue weighted by Crippen LogP contribution is 2.36. The maximum atomic E-state index is 13.2. The number of aliphatic carboxylic acids is 1. The number of benzene rings is 1. The van der Waals surface area contributed by atoms with Crippen LogP contribution in [-0.4, -0.2) is 38.1 Å². The van der Waals surface area contributed by atoms with Crippen LogP contribution in [0.25, 0.3) is 10.2 Å². The molecule has 1 aromatic carbocycles. The van der Waals surface area contributed by atoms with Crippen LogP contribution in [-0.2, 0) is 31.1 Å². The van der Waals surface area contributed by atoms with Gasteiger partial charge in [0, 0.05) is 17.3 Å². The molecule has 0 atom stereocenters. The lowest BCUT2D eigenvalue weighted by Crippen LogP contribution is -2.15. The van der Waals surface area contributed by atoms with Crippen molar-refractivity contribution in [3.05, 3.63) is 46.5 Å². The van der Waals surface area contributed by atoms with E-state index in [2.05, 4.69) is 0 Å². The van der Waals surface area contributed by atoms with Gasteiger partial charge in [-0.2, -0.15) is 0 Å². The van der Waals surface area contributed by atoms with Gasteiger partial charge in [-0.25, -0.2) is 20.8 Å². The molecule has 0 aliphatic carbocycles. The first-order valence-corrected chi connectivity index (χ1v) is 12.0. The molecule has 0 spiro atoms. The minimum atomic E-state index is -4.02. The molecule has 0 saturated heterocycles. The molecule has 2 aromatic heterocycles. The highest BCUT2D eigenvalue weighted by atomic mass is 32.2. The zero-order valence-electron chi connectivity index (χ0n) is 14.8. The lowest BCUT2D eigenvalue weighted by atomic mass is 10.1. The number of aryl methyl sites for hydroxylation is 1. The number of thiophene rings is 1.